The monoisotopic (exact) mass is 554 g/mol. The molecule has 0 radical (unpaired) electrons. The molecule has 5 rings (SSSR count). The van der Waals surface area contributed by atoms with Crippen molar-refractivity contribution in [1.82, 2.24) is 15.2 Å². The van der Waals surface area contributed by atoms with Gasteiger partial charge in [0.2, 0.25) is 5.91 Å². The minimum absolute atomic E-state index is 0.0658. The summed E-state index contributed by atoms with van der Waals surface area (Å²) in [5, 5.41) is 2.88. The number of hydrogen-bond acceptors (Lipinski definition) is 7. The first-order chi connectivity index (χ1) is 19.4. The van der Waals surface area contributed by atoms with E-state index in [2.05, 4.69) is 39.5 Å². The van der Waals surface area contributed by atoms with Crippen molar-refractivity contribution in [1.29, 1.82) is 0 Å². The maximum Gasteiger partial charge on any atom is 0.290 e. The number of ketones is 1. The van der Waals surface area contributed by atoms with Crippen molar-refractivity contribution in [3.05, 3.63) is 77.3 Å². The maximum atomic E-state index is 12.6. The Kier molecular flexibility index (Phi) is 8.40. The quantitative estimate of drug-likeness (QED) is 0.383. The van der Waals surface area contributed by atoms with Crippen LogP contribution in [0.5, 0.6) is 0 Å². The number of carbonyl (C=O) groups excluding carboxylic acids is 4. The number of rotatable bonds is 8. The lowest BCUT2D eigenvalue weighted by Crippen LogP contribution is -2.48. The van der Waals surface area contributed by atoms with E-state index in [9.17, 15) is 19.2 Å². The molecule has 0 spiro atoms. The average molecular weight is 555 g/mol. The van der Waals surface area contributed by atoms with Gasteiger partial charge in [-0.25, -0.2) is 0 Å². The van der Waals surface area contributed by atoms with Gasteiger partial charge in [-0.1, -0.05) is 24.3 Å². The minimum Gasteiger partial charge on any atom is -0.368 e. The van der Waals surface area contributed by atoms with Gasteiger partial charge >= 0.3 is 0 Å². The predicted molar refractivity (Wildman–Crippen MR) is 159 cm³/mol. The van der Waals surface area contributed by atoms with Crippen LogP contribution in [0.4, 0.5) is 10.5 Å². The Bertz CT molecular complexity index is 1520. The number of piperazine rings is 1. The maximum absolute atomic E-state index is 12.6. The predicted octanol–water partition coefficient (Wildman–Crippen LogP) is 5.19. The summed E-state index contributed by atoms with van der Waals surface area (Å²) in [7, 11) is 0. The molecule has 1 aromatic heterocycles. The van der Waals surface area contributed by atoms with Crippen molar-refractivity contribution in [2.24, 2.45) is 0 Å². The average Bonchev–Trinajstić information content (AvgIpc) is 3.28. The first kappa shape index (κ1) is 27.3. The molecule has 3 heterocycles. The highest BCUT2D eigenvalue weighted by atomic mass is 32.2. The molecule has 0 unspecified atom stereocenters. The van der Waals surface area contributed by atoms with E-state index in [1.807, 2.05) is 36.1 Å². The van der Waals surface area contributed by atoms with Crippen LogP contribution in [-0.4, -0.2) is 58.9 Å². The zero-order chi connectivity index (χ0) is 28.1. The fourth-order valence-corrected chi connectivity index (χ4v) is 5.67. The normalized spacial score (nSPS) is 16.8. The highest BCUT2D eigenvalue weighted by Gasteiger charge is 2.25. The van der Waals surface area contributed by atoms with Crippen LogP contribution in [-0.2, 0) is 14.4 Å². The number of thioether (sulfide) groups is 1. The molecule has 9 heteroatoms. The van der Waals surface area contributed by atoms with Crippen molar-refractivity contribution in [3.8, 4) is 11.1 Å². The molecular weight excluding hydrogens is 524 g/mol. The van der Waals surface area contributed by atoms with E-state index in [4.69, 9.17) is 0 Å². The number of nitrogens with one attached hydrogen (secondary N) is 1. The summed E-state index contributed by atoms with van der Waals surface area (Å²) in [5.41, 5.74) is 4.84. The lowest BCUT2D eigenvalue weighted by atomic mass is 9.99. The smallest absolute Gasteiger partial charge is 0.290 e. The third kappa shape index (κ3) is 6.31. The SMILES string of the molecule is CC=CC(=O)CCCC(=O)N1CCN(c2ccc(-c3ccnc4ccc(C=C5SC(=O)NC5=O)cc34)cc2)CC1. The van der Waals surface area contributed by atoms with Gasteiger partial charge in [-0.15, -0.1) is 0 Å². The first-order valence-corrected chi connectivity index (χ1v) is 14.2. The van der Waals surface area contributed by atoms with Crippen molar-refractivity contribution in [2.45, 2.75) is 26.2 Å². The van der Waals surface area contributed by atoms with E-state index in [0.29, 0.717) is 37.3 Å². The summed E-state index contributed by atoms with van der Waals surface area (Å²) >= 11 is 0.902. The Morgan fingerprint density at radius 1 is 1.00 bits per heavy atom. The molecule has 2 aliphatic heterocycles. The van der Waals surface area contributed by atoms with Gasteiger partial charge in [0.25, 0.3) is 11.1 Å². The molecule has 0 atom stereocenters. The molecule has 2 aliphatic rings. The zero-order valence-corrected chi connectivity index (χ0v) is 23.1. The number of nitrogens with zero attached hydrogens (tertiary/aromatic N) is 3. The fraction of sp³-hybridized carbons (Fsp3) is 0.258. The minimum atomic E-state index is -0.376. The number of imide groups is 1. The van der Waals surface area contributed by atoms with Crippen LogP contribution in [0.15, 0.2) is 71.8 Å². The summed E-state index contributed by atoms with van der Waals surface area (Å²) < 4.78 is 0. The molecule has 2 fully saturated rings. The fourth-order valence-electron chi connectivity index (χ4n) is 4.98. The van der Waals surface area contributed by atoms with Crippen LogP contribution in [0.25, 0.3) is 28.1 Å². The molecule has 204 valence electrons. The van der Waals surface area contributed by atoms with Gasteiger partial charge in [0.1, 0.15) is 0 Å². The zero-order valence-electron chi connectivity index (χ0n) is 22.3. The molecule has 0 aliphatic carbocycles. The second-order valence-electron chi connectivity index (χ2n) is 9.72. The molecular formula is C31H30N4O4S. The molecule has 1 N–H and O–H groups in total. The molecule has 2 aromatic carbocycles. The van der Waals surface area contributed by atoms with Crippen molar-refractivity contribution < 1.29 is 19.2 Å². The van der Waals surface area contributed by atoms with Crippen LogP contribution in [0.2, 0.25) is 0 Å². The first-order valence-electron chi connectivity index (χ1n) is 13.3. The van der Waals surface area contributed by atoms with Crippen LogP contribution < -0.4 is 10.2 Å². The number of fused-ring (bicyclic) bond motifs is 1. The Morgan fingerprint density at radius 2 is 1.77 bits per heavy atom. The summed E-state index contributed by atoms with van der Waals surface area (Å²) in [5.74, 6) is -0.198. The number of pyridine rings is 1. The Labute approximate surface area is 237 Å². The van der Waals surface area contributed by atoms with Gasteiger partial charge < -0.3 is 9.80 Å². The van der Waals surface area contributed by atoms with E-state index in [-0.39, 0.29) is 22.8 Å². The number of amides is 3. The second kappa shape index (κ2) is 12.3. The van der Waals surface area contributed by atoms with Crippen LogP contribution in [0.1, 0.15) is 31.7 Å². The highest BCUT2D eigenvalue weighted by molar-refractivity contribution is 8.18. The largest absolute Gasteiger partial charge is 0.368 e. The van der Waals surface area contributed by atoms with Gasteiger partial charge in [-0.05, 0) is 84.3 Å². The third-order valence-electron chi connectivity index (χ3n) is 7.05. The lowest BCUT2D eigenvalue weighted by Gasteiger charge is -2.36. The Balaban J connectivity index is 1.24. The molecule has 3 amide bonds. The molecule has 2 saturated heterocycles. The van der Waals surface area contributed by atoms with Crippen LogP contribution in [0, 0.1) is 0 Å². The van der Waals surface area contributed by atoms with Gasteiger partial charge in [0.15, 0.2) is 5.78 Å². The third-order valence-corrected chi connectivity index (χ3v) is 7.86. The van der Waals surface area contributed by atoms with Gasteiger partial charge in [-0.3, -0.25) is 29.5 Å². The van der Waals surface area contributed by atoms with Gasteiger partial charge in [0.05, 0.1) is 10.4 Å². The lowest BCUT2D eigenvalue weighted by molar-refractivity contribution is -0.131. The second-order valence-corrected chi connectivity index (χ2v) is 10.7. The Morgan fingerprint density at radius 3 is 2.48 bits per heavy atom. The topological polar surface area (TPSA) is 99.7 Å². The standard InChI is InChI=1S/C31H30N4O4S/c1-2-4-24(36)5-3-6-29(37)35-17-15-34(16-18-35)23-10-8-22(9-11-23)25-13-14-32-27-12-7-21(19-26(25)27)20-28-30(38)33-31(39)40-28/h2,4,7-14,19-20H,3,5-6,15-18H2,1H3,(H,33,38,39). The molecule has 8 nitrogen and oxygen atoms in total. The van der Waals surface area contributed by atoms with E-state index >= 15 is 0 Å². The summed E-state index contributed by atoms with van der Waals surface area (Å²) in [4.78, 5) is 56.7. The summed E-state index contributed by atoms with van der Waals surface area (Å²) in [6.07, 6.45) is 8.19. The number of hydrogen-bond donors (Lipinski definition) is 1. The molecule has 40 heavy (non-hydrogen) atoms. The van der Waals surface area contributed by atoms with Crippen molar-refractivity contribution in [3.63, 3.8) is 0 Å². The van der Waals surface area contributed by atoms with Crippen LogP contribution in [0.3, 0.4) is 0 Å². The molecule has 0 saturated carbocycles. The highest BCUT2D eigenvalue weighted by Crippen LogP contribution is 2.32. The number of benzene rings is 2. The number of anilines is 1. The summed E-state index contributed by atoms with van der Waals surface area (Å²) in [6, 6.07) is 16.2. The number of carbonyl (C=O) groups is 4. The molecule has 0 bridgehead atoms. The van der Waals surface area contributed by atoms with E-state index in [1.165, 1.54) is 0 Å². The van der Waals surface area contributed by atoms with E-state index < -0.39 is 0 Å². The summed E-state index contributed by atoms with van der Waals surface area (Å²) in [6.45, 7) is 4.66. The molecule has 3 aromatic rings. The Hall–Kier alpha value is -4.24. The van der Waals surface area contributed by atoms with Crippen molar-refractivity contribution >= 4 is 57.3 Å². The number of aromatic nitrogens is 1. The van der Waals surface area contributed by atoms with E-state index in [1.54, 1.807) is 24.4 Å². The van der Waals surface area contributed by atoms with Crippen molar-refractivity contribution in [2.75, 3.05) is 31.1 Å². The van der Waals surface area contributed by atoms with Gasteiger partial charge in [0, 0.05) is 56.3 Å². The van der Waals surface area contributed by atoms with E-state index in [0.717, 1.165) is 58.1 Å². The van der Waals surface area contributed by atoms with Gasteiger partial charge in [-0.2, -0.15) is 0 Å². The number of allylic oxidation sites excluding steroid dienone is 2. The van der Waals surface area contributed by atoms with Crippen LogP contribution >= 0.6 is 11.8 Å².